The number of benzene rings is 1. The topological polar surface area (TPSA) is 35.5 Å². The third-order valence-corrected chi connectivity index (χ3v) is 3.03. The van der Waals surface area contributed by atoms with E-state index in [-0.39, 0.29) is 11.4 Å². The molecule has 1 rings (SSSR count). The minimum atomic E-state index is -0.381. The number of hydrogen-bond acceptors (Lipinski definition) is 3. The van der Waals surface area contributed by atoms with Crippen LogP contribution in [0, 0.1) is 0 Å². The summed E-state index contributed by atoms with van der Waals surface area (Å²) in [6.07, 6.45) is 1.38. The summed E-state index contributed by atoms with van der Waals surface area (Å²) in [7, 11) is 0. The molecule has 1 aromatic carbocycles. The van der Waals surface area contributed by atoms with Crippen molar-refractivity contribution in [1.29, 1.82) is 0 Å². The highest BCUT2D eigenvalue weighted by molar-refractivity contribution is 5.87. The van der Waals surface area contributed by atoms with Crippen LogP contribution in [-0.4, -0.2) is 12.6 Å². The van der Waals surface area contributed by atoms with Gasteiger partial charge in [0, 0.05) is 5.56 Å². The molecule has 0 aliphatic rings. The Morgan fingerprint density at radius 1 is 1.33 bits per heavy atom. The van der Waals surface area contributed by atoms with E-state index in [1.807, 2.05) is 12.1 Å². The van der Waals surface area contributed by atoms with Crippen LogP contribution in [0.25, 0.3) is 5.76 Å². The minimum absolute atomic E-state index is 0.0625. The second-order valence-electron chi connectivity index (χ2n) is 5.89. The standard InChI is InChI=1S/C18H24O3/c1-7-20-17(19)13(2)12-21-14(3)15-9-8-10-16(11-15)18(4,5)6/h8-12H,3,7H2,1-2,4-6H3. The third kappa shape index (κ3) is 5.10. The van der Waals surface area contributed by atoms with Gasteiger partial charge in [-0.05, 0) is 30.9 Å². The van der Waals surface area contributed by atoms with Crippen molar-refractivity contribution in [2.45, 2.75) is 40.0 Å². The van der Waals surface area contributed by atoms with Crippen LogP contribution in [-0.2, 0) is 19.7 Å². The van der Waals surface area contributed by atoms with Gasteiger partial charge in [-0.15, -0.1) is 0 Å². The van der Waals surface area contributed by atoms with Gasteiger partial charge in [0.1, 0.15) is 12.0 Å². The molecular formula is C18H24O3. The Hall–Kier alpha value is -2.03. The lowest BCUT2D eigenvalue weighted by Crippen LogP contribution is -2.11. The largest absolute Gasteiger partial charge is 0.464 e. The highest BCUT2D eigenvalue weighted by Crippen LogP contribution is 2.25. The summed E-state index contributed by atoms with van der Waals surface area (Å²) in [6.45, 7) is 14.1. The summed E-state index contributed by atoms with van der Waals surface area (Å²) in [6, 6.07) is 8.05. The fourth-order valence-electron chi connectivity index (χ4n) is 1.68. The van der Waals surface area contributed by atoms with Crippen LogP contribution in [0.3, 0.4) is 0 Å². The van der Waals surface area contributed by atoms with Gasteiger partial charge in [-0.1, -0.05) is 45.5 Å². The van der Waals surface area contributed by atoms with Crippen molar-refractivity contribution in [3.05, 3.63) is 53.8 Å². The van der Waals surface area contributed by atoms with E-state index >= 15 is 0 Å². The molecule has 3 heteroatoms. The summed E-state index contributed by atoms with van der Waals surface area (Å²) in [5.41, 5.74) is 2.57. The van der Waals surface area contributed by atoms with E-state index in [0.717, 1.165) is 5.56 Å². The van der Waals surface area contributed by atoms with Crippen molar-refractivity contribution in [3.63, 3.8) is 0 Å². The van der Waals surface area contributed by atoms with E-state index in [1.54, 1.807) is 13.8 Å². The smallest absolute Gasteiger partial charge is 0.336 e. The van der Waals surface area contributed by atoms with Crippen LogP contribution >= 0.6 is 0 Å². The average molecular weight is 288 g/mol. The number of esters is 1. The molecule has 114 valence electrons. The molecule has 0 radical (unpaired) electrons. The molecule has 1 aromatic rings. The number of ether oxygens (including phenoxy) is 2. The summed E-state index contributed by atoms with van der Waals surface area (Å²) >= 11 is 0. The molecule has 0 N–H and O–H groups in total. The normalized spacial score (nSPS) is 12.0. The Kier molecular flexibility index (Phi) is 5.77. The van der Waals surface area contributed by atoms with Crippen molar-refractivity contribution < 1.29 is 14.3 Å². The van der Waals surface area contributed by atoms with Crippen molar-refractivity contribution in [1.82, 2.24) is 0 Å². The highest BCUT2D eigenvalue weighted by Gasteiger charge is 2.14. The Bertz CT molecular complexity index is 548. The Labute approximate surface area is 127 Å². The van der Waals surface area contributed by atoms with Gasteiger partial charge in [-0.2, -0.15) is 0 Å². The maximum atomic E-state index is 11.5. The second-order valence-corrected chi connectivity index (χ2v) is 5.89. The molecule has 0 fully saturated rings. The number of rotatable bonds is 5. The van der Waals surface area contributed by atoms with Gasteiger partial charge in [0.15, 0.2) is 0 Å². The van der Waals surface area contributed by atoms with E-state index in [9.17, 15) is 4.79 Å². The first-order valence-corrected chi connectivity index (χ1v) is 7.06. The molecular weight excluding hydrogens is 264 g/mol. The molecule has 0 unspecified atom stereocenters. The summed E-state index contributed by atoms with van der Waals surface area (Å²) < 4.78 is 10.4. The zero-order valence-corrected chi connectivity index (χ0v) is 13.5. The lowest BCUT2D eigenvalue weighted by atomic mass is 9.86. The first-order chi connectivity index (χ1) is 9.75. The monoisotopic (exact) mass is 288 g/mol. The van der Waals surface area contributed by atoms with E-state index < -0.39 is 0 Å². The van der Waals surface area contributed by atoms with E-state index in [0.29, 0.717) is 17.9 Å². The van der Waals surface area contributed by atoms with Crippen molar-refractivity contribution >= 4 is 11.7 Å². The van der Waals surface area contributed by atoms with Gasteiger partial charge in [0.25, 0.3) is 0 Å². The Morgan fingerprint density at radius 2 is 2.00 bits per heavy atom. The predicted molar refractivity (Wildman–Crippen MR) is 85.7 cm³/mol. The molecule has 0 amide bonds. The third-order valence-electron chi connectivity index (χ3n) is 3.03. The molecule has 0 saturated heterocycles. The first-order valence-electron chi connectivity index (χ1n) is 7.06. The summed E-state index contributed by atoms with van der Waals surface area (Å²) in [4.78, 5) is 11.5. The molecule has 0 bridgehead atoms. The number of hydrogen-bond donors (Lipinski definition) is 0. The van der Waals surface area contributed by atoms with Crippen LogP contribution in [0.2, 0.25) is 0 Å². The molecule has 0 atom stereocenters. The summed E-state index contributed by atoms with van der Waals surface area (Å²) in [5.74, 6) is 0.124. The fraction of sp³-hybridized carbons (Fsp3) is 0.389. The van der Waals surface area contributed by atoms with E-state index in [1.165, 1.54) is 11.8 Å². The van der Waals surface area contributed by atoms with Crippen LogP contribution in [0.1, 0.15) is 45.7 Å². The molecule has 0 aliphatic heterocycles. The van der Waals surface area contributed by atoms with Gasteiger partial charge in [-0.3, -0.25) is 0 Å². The Morgan fingerprint density at radius 3 is 2.57 bits per heavy atom. The van der Waals surface area contributed by atoms with E-state index in [4.69, 9.17) is 9.47 Å². The zero-order chi connectivity index (χ0) is 16.0. The lowest BCUT2D eigenvalue weighted by molar-refractivity contribution is -0.138. The van der Waals surface area contributed by atoms with Gasteiger partial charge < -0.3 is 9.47 Å². The van der Waals surface area contributed by atoms with Crippen LogP contribution in [0.15, 0.2) is 42.7 Å². The fourth-order valence-corrected chi connectivity index (χ4v) is 1.68. The zero-order valence-electron chi connectivity index (χ0n) is 13.5. The van der Waals surface area contributed by atoms with Crippen LogP contribution in [0.5, 0.6) is 0 Å². The molecule has 0 saturated carbocycles. The van der Waals surface area contributed by atoms with Gasteiger partial charge >= 0.3 is 5.97 Å². The minimum Gasteiger partial charge on any atom is -0.464 e. The highest BCUT2D eigenvalue weighted by atomic mass is 16.5. The van der Waals surface area contributed by atoms with Crippen LogP contribution in [0.4, 0.5) is 0 Å². The van der Waals surface area contributed by atoms with Gasteiger partial charge in [0.2, 0.25) is 0 Å². The molecule has 21 heavy (non-hydrogen) atoms. The van der Waals surface area contributed by atoms with Crippen molar-refractivity contribution in [2.24, 2.45) is 0 Å². The van der Waals surface area contributed by atoms with Gasteiger partial charge in [-0.25, -0.2) is 4.79 Å². The predicted octanol–water partition coefficient (Wildman–Crippen LogP) is 4.44. The van der Waals surface area contributed by atoms with E-state index in [2.05, 4.69) is 39.5 Å². The molecule has 0 aliphatic carbocycles. The summed E-state index contributed by atoms with van der Waals surface area (Å²) in [5, 5.41) is 0. The number of carbonyl (C=O) groups is 1. The maximum Gasteiger partial charge on any atom is 0.336 e. The number of carbonyl (C=O) groups excluding carboxylic acids is 1. The molecule has 3 nitrogen and oxygen atoms in total. The van der Waals surface area contributed by atoms with Crippen LogP contribution < -0.4 is 0 Å². The Balaban J connectivity index is 2.81. The average Bonchev–Trinajstić information content (AvgIpc) is 2.43. The SMILES string of the molecule is C=C(OC=C(C)C(=O)OCC)c1cccc(C(C)(C)C)c1. The second kappa shape index (κ2) is 7.11. The van der Waals surface area contributed by atoms with Gasteiger partial charge in [0.05, 0.1) is 12.2 Å². The quantitative estimate of drug-likeness (QED) is 0.456. The molecule has 0 aromatic heterocycles. The molecule has 0 spiro atoms. The maximum absolute atomic E-state index is 11.5. The lowest BCUT2D eigenvalue weighted by Gasteiger charge is -2.20. The first kappa shape index (κ1) is 17.0. The van der Waals surface area contributed by atoms with Crippen molar-refractivity contribution in [3.8, 4) is 0 Å². The van der Waals surface area contributed by atoms with Crippen molar-refractivity contribution in [2.75, 3.05) is 6.61 Å². The molecule has 0 heterocycles.